The quantitative estimate of drug-likeness (QED) is 0.717. The molecule has 0 atom stereocenters. The van der Waals surface area contributed by atoms with Gasteiger partial charge >= 0.3 is 0 Å². The molecule has 0 spiro atoms. The third-order valence-electron chi connectivity index (χ3n) is 2.64. The molecule has 0 bridgehead atoms. The number of allylic oxidation sites excluding steroid dienone is 2. The fourth-order valence-electron chi connectivity index (χ4n) is 1.85. The van der Waals surface area contributed by atoms with Crippen molar-refractivity contribution < 1.29 is 0 Å². The molecule has 0 fully saturated rings. The van der Waals surface area contributed by atoms with Crippen LogP contribution in [0.2, 0.25) is 0 Å². The van der Waals surface area contributed by atoms with E-state index in [1.54, 1.807) is 0 Å². The first-order chi connectivity index (χ1) is 7.27. The van der Waals surface area contributed by atoms with Crippen molar-refractivity contribution in [1.82, 2.24) is 4.98 Å². The maximum absolute atomic E-state index is 3.31. The first-order valence-corrected chi connectivity index (χ1v) is 5.46. The molecule has 0 aliphatic rings. The monoisotopic (exact) mass is 199 g/mol. The van der Waals surface area contributed by atoms with Crippen LogP contribution in [0.3, 0.4) is 0 Å². The lowest BCUT2D eigenvalue weighted by molar-refractivity contribution is 0.997. The highest BCUT2D eigenvalue weighted by Crippen LogP contribution is 2.19. The second kappa shape index (κ2) is 4.35. The Labute approximate surface area is 90.8 Å². The molecule has 0 aliphatic carbocycles. The molecule has 0 unspecified atom stereocenters. The molecule has 0 radical (unpaired) electrons. The minimum absolute atomic E-state index is 1.12. The Morgan fingerprint density at radius 2 is 2.07 bits per heavy atom. The minimum Gasteiger partial charge on any atom is -0.361 e. The molecule has 0 saturated heterocycles. The molecule has 1 N–H and O–H groups in total. The van der Waals surface area contributed by atoms with Gasteiger partial charge in [0.2, 0.25) is 0 Å². The highest BCUT2D eigenvalue weighted by Gasteiger charge is 2.00. The molecule has 2 aromatic rings. The van der Waals surface area contributed by atoms with Gasteiger partial charge in [-0.25, -0.2) is 0 Å². The van der Waals surface area contributed by atoms with Crippen LogP contribution in [0.25, 0.3) is 10.9 Å². The average Bonchev–Trinajstić information content (AvgIpc) is 2.62. The summed E-state index contributed by atoms with van der Waals surface area (Å²) in [6, 6.07) is 8.47. The van der Waals surface area contributed by atoms with Crippen molar-refractivity contribution in [2.24, 2.45) is 0 Å². The highest BCUT2D eigenvalue weighted by molar-refractivity contribution is 5.83. The van der Waals surface area contributed by atoms with Gasteiger partial charge < -0.3 is 4.98 Å². The summed E-state index contributed by atoms with van der Waals surface area (Å²) >= 11 is 0. The van der Waals surface area contributed by atoms with Crippen molar-refractivity contribution >= 4 is 10.9 Å². The molecule has 15 heavy (non-hydrogen) atoms. The zero-order valence-corrected chi connectivity index (χ0v) is 9.38. The van der Waals surface area contributed by atoms with E-state index < -0.39 is 0 Å². The van der Waals surface area contributed by atoms with Crippen molar-refractivity contribution in [3.8, 4) is 0 Å². The van der Waals surface area contributed by atoms with E-state index in [1.807, 2.05) is 0 Å². The summed E-state index contributed by atoms with van der Waals surface area (Å²) in [5.41, 5.74) is 4.06. The molecule has 0 saturated carbocycles. The minimum atomic E-state index is 1.12. The number of fused-ring (bicyclic) bond motifs is 1. The number of hydrogen-bond donors (Lipinski definition) is 1. The van der Waals surface area contributed by atoms with E-state index >= 15 is 0 Å². The number of rotatable bonds is 3. The molecule has 1 heterocycles. The van der Waals surface area contributed by atoms with Gasteiger partial charge in [-0.05, 0) is 38.3 Å². The highest BCUT2D eigenvalue weighted by atomic mass is 14.7. The smallest absolute Gasteiger partial charge is 0.0456 e. The van der Waals surface area contributed by atoms with E-state index in [9.17, 15) is 0 Å². The van der Waals surface area contributed by atoms with Gasteiger partial charge in [0.05, 0.1) is 0 Å². The van der Waals surface area contributed by atoms with Gasteiger partial charge in [-0.3, -0.25) is 0 Å². The predicted molar refractivity (Wildman–Crippen MR) is 66.1 cm³/mol. The molecule has 0 aliphatic heterocycles. The summed E-state index contributed by atoms with van der Waals surface area (Å²) in [7, 11) is 0. The molecular weight excluding hydrogens is 182 g/mol. The van der Waals surface area contributed by atoms with Crippen LogP contribution < -0.4 is 0 Å². The largest absolute Gasteiger partial charge is 0.361 e. The Morgan fingerprint density at radius 3 is 2.87 bits per heavy atom. The van der Waals surface area contributed by atoms with E-state index in [2.05, 4.69) is 55.4 Å². The van der Waals surface area contributed by atoms with E-state index in [1.165, 1.54) is 22.0 Å². The molecular formula is C14H17N. The van der Waals surface area contributed by atoms with Crippen LogP contribution in [0.1, 0.15) is 25.8 Å². The maximum Gasteiger partial charge on any atom is 0.0456 e. The third kappa shape index (κ3) is 2.30. The lowest BCUT2D eigenvalue weighted by atomic mass is 10.1. The lowest BCUT2D eigenvalue weighted by Crippen LogP contribution is -1.80. The van der Waals surface area contributed by atoms with Crippen molar-refractivity contribution in [1.29, 1.82) is 0 Å². The van der Waals surface area contributed by atoms with Crippen LogP contribution in [-0.2, 0) is 6.42 Å². The summed E-state index contributed by atoms with van der Waals surface area (Å²) in [6.45, 7) is 4.30. The summed E-state index contributed by atoms with van der Waals surface area (Å²) in [6.07, 6.45) is 6.67. The van der Waals surface area contributed by atoms with Gasteiger partial charge in [-0.2, -0.15) is 0 Å². The molecule has 2 rings (SSSR count). The van der Waals surface area contributed by atoms with Crippen LogP contribution >= 0.6 is 0 Å². The molecule has 1 aromatic carbocycles. The van der Waals surface area contributed by atoms with Crippen LogP contribution in [0.15, 0.2) is 42.1 Å². The van der Waals surface area contributed by atoms with E-state index in [-0.39, 0.29) is 0 Å². The van der Waals surface area contributed by atoms with Crippen molar-refractivity contribution in [3.05, 3.63) is 47.7 Å². The molecule has 1 nitrogen and oxygen atoms in total. The third-order valence-corrected chi connectivity index (χ3v) is 2.64. The Kier molecular flexibility index (Phi) is 2.91. The normalized spacial score (nSPS) is 10.5. The molecule has 0 amide bonds. The number of hydrogen-bond acceptors (Lipinski definition) is 0. The zero-order valence-electron chi connectivity index (χ0n) is 9.38. The maximum atomic E-state index is 3.31. The predicted octanol–water partition coefficient (Wildman–Crippen LogP) is 4.07. The number of benzene rings is 1. The van der Waals surface area contributed by atoms with E-state index in [4.69, 9.17) is 0 Å². The van der Waals surface area contributed by atoms with Gasteiger partial charge in [0.25, 0.3) is 0 Å². The fraction of sp³-hybridized carbons (Fsp3) is 0.286. The SMILES string of the molecule is CC(C)=CCCc1c[nH]c2ccccc12. The van der Waals surface area contributed by atoms with Crippen molar-refractivity contribution in [2.45, 2.75) is 26.7 Å². The molecule has 1 heteroatoms. The number of para-hydroxylation sites is 1. The first kappa shape index (κ1) is 10.0. The first-order valence-electron chi connectivity index (χ1n) is 5.46. The average molecular weight is 199 g/mol. The van der Waals surface area contributed by atoms with Crippen molar-refractivity contribution in [2.75, 3.05) is 0 Å². The van der Waals surface area contributed by atoms with Crippen molar-refractivity contribution in [3.63, 3.8) is 0 Å². The van der Waals surface area contributed by atoms with Gasteiger partial charge in [-0.15, -0.1) is 0 Å². The topological polar surface area (TPSA) is 15.8 Å². The summed E-state index contributed by atoms with van der Waals surface area (Å²) in [5, 5.41) is 1.36. The Balaban J connectivity index is 2.18. The van der Waals surface area contributed by atoms with Crippen LogP contribution in [0.4, 0.5) is 0 Å². The molecule has 1 aromatic heterocycles. The Morgan fingerprint density at radius 1 is 1.27 bits per heavy atom. The number of nitrogens with one attached hydrogen (secondary N) is 1. The van der Waals surface area contributed by atoms with E-state index in [0.717, 1.165) is 12.8 Å². The Hall–Kier alpha value is -1.50. The fourth-order valence-corrected chi connectivity index (χ4v) is 1.85. The van der Waals surface area contributed by atoms with Crippen LogP contribution in [0, 0.1) is 0 Å². The second-order valence-corrected chi connectivity index (χ2v) is 4.18. The van der Waals surface area contributed by atoms with Gasteiger partial charge in [0.1, 0.15) is 0 Å². The van der Waals surface area contributed by atoms with Gasteiger partial charge in [-0.1, -0.05) is 29.8 Å². The lowest BCUT2D eigenvalue weighted by Gasteiger charge is -1.96. The Bertz CT molecular complexity index is 473. The van der Waals surface area contributed by atoms with Crippen LogP contribution in [0.5, 0.6) is 0 Å². The molecule has 78 valence electrons. The van der Waals surface area contributed by atoms with E-state index in [0.29, 0.717) is 0 Å². The van der Waals surface area contributed by atoms with Gasteiger partial charge in [0, 0.05) is 17.1 Å². The zero-order chi connectivity index (χ0) is 10.7. The number of aryl methyl sites for hydroxylation is 1. The number of aromatic nitrogens is 1. The number of aromatic amines is 1. The van der Waals surface area contributed by atoms with Crippen LogP contribution in [-0.4, -0.2) is 4.98 Å². The van der Waals surface area contributed by atoms with Gasteiger partial charge in [0.15, 0.2) is 0 Å². The summed E-state index contributed by atoms with van der Waals surface area (Å²) in [5.74, 6) is 0. The summed E-state index contributed by atoms with van der Waals surface area (Å²) in [4.78, 5) is 3.31. The number of H-pyrrole nitrogens is 1. The summed E-state index contributed by atoms with van der Waals surface area (Å²) < 4.78 is 0. The standard InChI is InChI=1S/C14H17N/c1-11(2)6-5-7-12-10-15-14-9-4-3-8-13(12)14/h3-4,6,8-10,15H,5,7H2,1-2H3. The second-order valence-electron chi connectivity index (χ2n) is 4.18.